The van der Waals surface area contributed by atoms with Crippen LogP contribution < -0.4 is 10.1 Å². The van der Waals surface area contributed by atoms with Gasteiger partial charge in [-0.25, -0.2) is 24.4 Å². The molecule has 19 heteroatoms. The third kappa shape index (κ3) is 9.16. The van der Waals surface area contributed by atoms with Gasteiger partial charge in [-0.2, -0.15) is 0 Å². The van der Waals surface area contributed by atoms with Gasteiger partial charge in [-0.15, -0.1) is 0 Å². The number of fused-ring (bicyclic) bond motifs is 1. The number of aromatic nitrogens is 3. The fourth-order valence-electron chi connectivity index (χ4n) is 6.12. The molecule has 4 heterocycles. The Morgan fingerprint density at radius 3 is 2.62 bits per heavy atom. The second-order valence-corrected chi connectivity index (χ2v) is 13.0. The van der Waals surface area contributed by atoms with Crippen LogP contribution in [0.5, 0.6) is 5.75 Å². The molecule has 0 saturated carbocycles. The summed E-state index contributed by atoms with van der Waals surface area (Å²) in [6.45, 7) is 6.00. The fraction of sp³-hybridized carbons (Fsp3) is 0.471. The van der Waals surface area contributed by atoms with Gasteiger partial charge in [0.15, 0.2) is 17.5 Å². The van der Waals surface area contributed by atoms with Gasteiger partial charge >= 0.3 is 23.8 Å². The van der Waals surface area contributed by atoms with Crippen molar-refractivity contribution < 1.29 is 48.5 Å². The molecule has 2 aliphatic heterocycles. The van der Waals surface area contributed by atoms with Crippen LogP contribution in [0.4, 0.5) is 21.1 Å². The highest BCUT2D eigenvalue weighted by Gasteiger charge is 2.35. The number of aliphatic hydroxyl groups excluding tert-OH is 1. The number of carboxylic acids is 1. The average Bonchev–Trinajstić information content (AvgIpc) is 3.58. The van der Waals surface area contributed by atoms with E-state index in [-0.39, 0.29) is 61.8 Å². The number of nitro benzene ring substituents is 1. The van der Waals surface area contributed by atoms with E-state index in [4.69, 9.17) is 14.2 Å². The van der Waals surface area contributed by atoms with Crippen molar-refractivity contribution in [3.8, 4) is 5.75 Å². The summed E-state index contributed by atoms with van der Waals surface area (Å²) in [6.07, 6.45) is 1.37. The summed E-state index contributed by atoms with van der Waals surface area (Å²) in [7, 11) is 3.06. The number of rotatable bonds is 12. The SMILES string of the molecule is C=CC(=O)N1CC(Nc2ncnc3c2ccn3C(=O)N(C)CCN(C)C(=O)OCc2ccc(OC3CC(O)CC(C(=O)O)O3)c([N+](=O)[O-])c2)CCC1C. The van der Waals surface area contributed by atoms with Crippen molar-refractivity contribution in [2.45, 2.75) is 69.8 Å². The van der Waals surface area contributed by atoms with E-state index in [0.717, 1.165) is 18.9 Å². The molecule has 5 rings (SSSR count). The largest absolute Gasteiger partial charge is 0.479 e. The molecule has 3 N–H and O–H groups in total. The molecule has 3 amide bonds. The first-order chi connectivity index (χ1) is 25.2. The number of piperidine rings is 1. The van der Waals surface area contributed by atoms with Gasteiger partial charge in [0.1, 0.15) is 18.8 Å². The minimum absolute atomic E-state index is 0.0544. The molecule has 2 aliphatic rings. The lowest BCUT2D eigenvalue weighted by atomic mass is 9.99. The first-order valence-corrected chi connectivity index (χ1v) is 16.9. The molecular formula is C34H42N8O11. The van der Waals surface area contributed by atoms with Gasteiger partial charge in [0.05, 0.1) is 16.4 Å². The Hall–Kier alpha value is -5.82. The van der Waals surface area contributed by atoms with Crippen molar-refractivity contribution in [3.05, 3.63) is 65.1 Å². The number of nitro groups is 1. The molecule has 5 unspecified atom stereocenters. The molecule has 3 aromatic rings. The van der Waals surface area contributed by atoms with Gasteiger partial charge in [-0.3, -0.25) is 19.5 Å². The van der Waals surface area contributed by atoms with Crippen LogP contribution in [-0.4, -0.2) is 133 Å². The van der Waals surface area contributed by atoms with Crippen LogP contribution in [0.2, 0.25) is 0 Å². The second kappa shape index (κ2) is 16.7. The van der Waals surface area contributed by atoms with Crippen molar-refractivity contribution in [2.75, 3.05) is 39.0 Å². The Labute approximate surface area is 303 Å². The summed E-state index contributed by atoms with van der Waals surface area (Å²) >= 11 is 0. The molecule has 0 bridgehead atoms. The Morgan fingerprint density at radius 1 is 1.15 bits per heavy atom. The van der Waals surface area contributed by atoms with Gasteiger partial charge in [-0.1, -0.05) is 12.6 Å². The number of benzene rings is 1. The van der Waals surface area contributed by atoms with E-state index in [1.165, 1.54) is 46.0 Å². The number of nitrogens with zero attached hydrogens (tertiary/aromatic N) is 7. The molecule has 19 nitrogen and oxygen atoms in total. The number of aliphatic hydroxyl groups is 1. The number of amides is 3. The van der Waals surface area contributed by atoms with Gasteiger partial charge in [0, 0.05) is 70.9 Å². The van der Waals surface area contributed by atoms with Crippen LogP contribution in [0.1, 0.15) is 38.2 Å². The third-order valence-electron chi connectivity index (χ3n) is 9.16. The number of carboxylic acid groups (broad SMARTS) is 1. The van der Waals surface area contributed by atoms with Crippen LogP contribution >= 0.6 is 0 Å². The highest BCUT2D eigenvalue weighted by molar-refractivity contribution is 5.94. The zero-order valence-corrected chi connectivity index (χ0v) is 29.5. The molecular weight excluding hydrogens is 696 g/mol. The van der Waals surface area contributed by atoms with E-state index in [1.807, 2.05) is 6.92 Å². The molecule has 0 aliphatic carbocycles. The quantitative estimate of drug-likeness (QED) is 0.138. The standard InChI is InChI=1S/C34H42N8O11/c1-5-28(44)41-17-22(8-6-20(41)2)37-30-24-10-11-40(31(24)36-19-35-30)33(47)38(3)12-13-39(4)34(48)51-18-21-7-9-26(25(14-21)42(49)50)52-29-16-23(43)15-27(53-29)32(45)46/h5,7,9-11,14,19-20,22-23,27,29,43H,1,6,8,12-13,15-18H2,2-4H3,(H,45,46)(H,35,36,37). The van der Waals surface area contributed by atoms with Gasteiger partial charge in [0.25, 0.3) is 0 Å². The maximum Gasteiger partial charge on any atom is 0.409 e. The van der Waals surface area contributed by atoms with Crippen molar-refractivity contribution in [1.82, 2.24) is 29.2 Å². The average molecular weight is 739 g/mol. The zero-order valence-electron chi connectivity index (χ0n) is 29.5. The Kier molecular flexibility index (Phi) is 12.1. The van der Waals surface area contributed by atoms with Crippen LogP contribution in [0, 0.1) is 10.1 Å². The lowest BCUT2D eigenvalue weighted by molar-refractivity contribution is -0.386. The van der Waals surface area contributed by atoms with Gasteiger partial charge in [0.2, 0.25) is 12.2 Å². The van der Waals surface area contributed by atoms with Gasteiger partial charge < -0.3 is 44.4 Å². The summed E-state index contributed by atoms with van der Waals surface area (Å²) in [5.41, 5.74) is 0.194. The molecule has 0 radical (unpaired) electrons. The number of likely N-dealkylation sites (N-methyl/N-ethyl adjacent to an activating group) is 2. The number of ether oxygens (including phenoxy) is 3. The van der Waals surface area contributed by atoms with E-state index in [1.54, 1.807) is 24.2 Å². The molecule has 0 spiro atoms. The number of hydrogen-bond acceptors (Lipinski definition) is 13. The van der Waals surface area contributed by atoms with E-state index >= 15 is 0 Å². The van der Waals surface area contributed by atoms with E-state index < -0.39 is 47.2 Å². The highest BCUT2D eigenvalue weighted by atomic mass is 16.7. The van der Waals surface area contributed by atoms with E-state index in [0.29, 0.717) is 23.4 Å². The maximum absolute atomic E-state index is 13.4. The number of likely N-dealkylation sites (tertiary alicyclic amines) is 1. The van der Waals surface area contributed by atoms with Crippen LogP contribution in [0.15, 0.2) is 49.4 Å². The second-order valence-electron chi connectivity index (χ2n) is 13.0. The minimum atomic E-state index is -1.32. The van der Waals surface area contributed by atoms with Gasteiger partial charge in [-0.05, 0) is 43.5 Å². The van der Waals surface area contributed by atoms with Crippen molar-refractivity contribution >= 4 is 46.5 Å². The number of carbonyl (C=O) groups is 4. The Morgan fingerprint density at radius 2 is 1.91 bits per heavy atom. The third-order valence-corrected chi connectivity index (χ3v) is 9.16. The number of nitrogens with one attached hydrogen (secondary N) is 1. The lowest BCUT2D eigenvalue weighted by Crippen LogP contribution is -2.49. The molecule has 1 aromatic carbocycles. The van der Waals surface area contributed by atoms with E-state index in [2.05, 4.69) is 21.9 Å². The number of anilines is 1. The maximum atomic E-state index is 13.4. The predicted molar refractivity (Wildman–Crippen MR) is 187 cm³/mol. The molecule has 2 saturated heterocycles. The smallest absolute Gasteiger partial charge is 0.409 e. The van der Waals surface area contributed by atoms with Crippen LogP contribution in [-0.2, 0) is 25.7 Å². The topological polar surface area (TPSA) is 232 Å². The number of aliphatic carboxylic acids is 1. The molecule has 5 atom stereocenters. The summed E-state index contributed by atoms with van der Waals surface area (Å²) in [4.78, 5) is 74.0. The van der Waals surface area contributed by atoms with Crippen molar-refractivity contribution in [3.63, 3.8) is 0 Å². The van der Waals surface area contributed by atoms with Crippen LogP contribution in [0.3, 0.4) is 0 Å². The summed E-state index contributed by atoms with van der Waals surface area (Å²) in [5, 5.41) is 35.0. The normalized spacial score (nSPS) is 21.4. The number of hydrogen-bond donors (Lipinski definition) is 3. The minimum Gasteiger partial charge on any atom is -0.479 e. The first-order valence-electron chi connectivity index (χ1n) is 16.9. The molecule has 2 fully saturated rings. The predicted octanol–water partition coefficient (Wildman–Crippen LogP) is 2.81. The Bertz CT molecular complexity index is 1870. The monoisotopic (exact) mass is 738 g/mol. The molecule has 53 heavy (non-hydrogen) atoms. The summed E-state index contributed by atoms with van der Waals surface area (Å²) in [6, 6.07) is 5.25. The lowest BCUT2D eigenvalue weighted by Gasteiger charge is -2.38. The summed E-state index contributed by atoms with van der Waals surface area (Å²) in [5.74, 6) is -1.09. The molecule has 2 aromatic heterocycles. The zero-order chi connectivity index (χ0) is 38.4. The number of carbonyl (C=O) groups excluding carboxylic acids is 3. The Balaban J connectivity index is 1.14. The highest BCUT2D eigenvalue weighted by Crippen LogP contribution is 2.32. The van der Waals surface area contributed by atoms with Crippen molar-refractivity contribution in [2.24, 2.45) is 0 Å². The van der Waals surface area contributed by atoms with Crippen LogP contribution in [0.25, 0.3) is 11.0 Å². The van der Waals surface area contributed by atoms with E-state index in [9.17, 15) is 39.5 Å². The first kappa shape index (κ1) is 38.4. The fourth-order valence-corrected chi connectivity index (χ4v) is 6.12. The summed E-state index contributed by atoms with van der Waals surface area (Å²) < 4.78 is 17.6. The molecule has 284 valence electrons. The van der Waals surface area contributed by atoms with Crippen molar-refractivity contribution in [1.29, 1.82) is 0 Å².